The lowest BCUT2D eigenvalue weighted by Crippen LogP contribution is -2.25. The molecular weight excluding hydrogens is 248 g/mol. The summed E-state index contributed by atoms with van der Waals surface area (Å²) in [6.45, 7) is 7.98. The van der Waals surface area contributed by atoms with Crippen LogP contribution in [0.15, 0.2) is 18.2 Å². The molecule has 1 rings (SSSR count). The second-order valence-corrected chi connectivity index (χ2v) is 5.29. The Kier molecular flexibility index (Phi) is 7.78. The molecule has 0 aliphatic heterocycles. The van der Waals surface area contributed by atoms with E-state index >= 15 is 0 Å². The molecule has 0 unspecified atom stereocenters. The molecule has 0 heterocycles. The molecule has 0 atom stereocenters. The van der Waals surface area contributed by atoms with E-state index in [4.69, 9.17) is 0 Å². The third kappa shape index (κ3) is 5.64. The minimum Gasteiger partial charge on any atom is -0.384 e. The first kappa shape index (κ1) is 16.5. The molecule has 0 radical (unpaired) electrons. The van der Waals surface area contributed by atoms with Gasteiger partial charge in [0.2, 0.25) is 0 Å². The number of carbonyl (C=O) groups is 1. The van der Waals surface area contributed by atoms with E-state index in [0.717, 1.165) is 42.7 Å². The summed E-state index contributed by atoms with van der Waals surface area (Å²) in [7, 11) is 0. The van der Waals surface area contributed by atoms with Gasteiger partial charge >= 0.3 is 0 Å². The summed E-state index contributed by atoms with van der Waals surface area (Å²) in [5, 5.41) is 6.34. The number of aryl methyl sites for hydroxylation is 1. The number of unbranched alkanes of at least 4 members (excludes halogenated alkanes) is 3. The van der Waals surface area contributed by atoms with Crippen molar-refractivity contribution < 1.29 is 4.79 Å². The summed E-state index contributed by atoms with van der Waals surface area (Å²) in [4.78, 5) is 12.3. The molecule has 20 heavy (non-hydrogen) atoms. The molecule has 2 N–H and O–H groups in total. The van der Waals surface area contributed by atoms with Crippen molar-refractivity contribution in [3.05, 3.63) is 29.3 Å². The number of hydrogen-bond acceptors (Lipinski definition) is 2. The molecule has 112 valence electrons. The van der Waals surface area contributed by atoms with E-state index in [-0.39, 0.29) is 5.91 Å². The van der Waals surface area contributed by atoms with Crippen molar-refractivity contribution in [2.24, 2.45) is 0 Å². The zero-order valence-corrected chi connectivity index (χ0v) is 13.1. The molecule has 0 aliphatic rings. The van der Waals surface area contributed by atoms with Crippen LogP contribution in [0.5, 0.6) is 0 Å². The van der Waals surface area contributed by atoms with Crippen LogP contribution in [-0.4, -0.2) is 19.0 Å². The number of anilines is 1. The third-order valence-electron chi connectivity index (χ3n) is 3.30. The minimum atomic E-state index is 0.0313. The minimum absolute atomic E-state index is 0.0313. The van der Waals surface area contributed by atoms with E-state index in [1.54, 1.807) is 0 Å². The average molecular weight is 276 g/mol. The van der Waals surface area contributed by atoms with Crippen LogP contribution in [0.1, 0.15) is 61.9 Å². The van der Waals surface area contributed by atoms with Crippen LogP contribution in [-0.2, 0) is 0 Å². The first-order chi connectivity index (χ1) is 9.69. The third-order valence-corrected chi connectivity index (χ3v) is 3.30. The molecule has 0 fully saturated rings. The van der Waals surface area contributed by atoms with Crippen LogP contribution in [0.25, 0.3) is 0 Å². The van der Waals surface area contributed by atoms with Crippen LogP contribution in [0.2, 0.25) is 0 Å². The molecule has 1 amide bonds. The normalized spacial score (nSPS) is 10.3. The van der Waals surface area contributed by atoms with Crippen molar-refractivity contribution in [3.8, 4) is 0 Å². The summed E-state index contributed by atoms with van der Waals surface area (Å²) in [6.07, 6.45) is 5.75. The fourth-order valence-electron chi connectivity index (χ4n) is 2.11. The van der Waals surface area contributed by atoms with Gasteiger partial charge in [0, 0.05) is 18.8 Å². The van der Waals surface area contributed by atoms with Crippen molar-refractivity contribution in [3.63, 3.8) is 0 Å². The maximum absolute atomic E-state index is 12.3. The molecule has 3 heteroatoms. The zero-order chi connectivity index (χ0) is 14.8. The van der Waals surface area contributed by atoms with Gasteiger partial charge in [-0.3, -0.25) is 4.79 Å². The number of amides is 1. The Balaban J connectivity index is 2.58. The molecular formula is C17H28N2O. The lowest BCUT2D eigenvalue weighted by atomic mass is 10.1. The van der Waals surface area contributed by atoms with Crippen molar-refractivity contribution in [2.75, 3.05) is 18.4 Å². The molecule has 1 aromatic rings. The van der Waals surface area contributed by atoms with Gasteiger partial charge in [-0.25, -0.2) is 0 Å². The highest BCUT2D eigenvalue weighted by Gasteiger charge is 2.10. The van der Waals surface area contributed by atoms with Crippen molar-refractivity contribution in [1.29, 1.82) is 0 Å². The van der Waals surface area contributed by atoms with Gasteiger partial charge in [-0.05, 0) is 31.9 Å². The van der Waals surface area contributed by atoms with Crippen LogP contribution in [0.4, 0.5) is 5.69 Å². The first-order valence-electron chi connectivity index (χ1n) is 7.81. The Labute approximate surface area is 123 Å². The Bertz CT molecular complexity index is 415. The summed E-state index contributed by atoms with van der Waals surface area (Å²) in [5.41, 5.74) is 2.81. The van der Waals surface area contributed by atoms with E-state index in [1.807, 2.05) is 25.1 Å². The molecule has 1 aromatic carbocycles. The molecule has 0 saturated heterocycles. The van der Waals surface area contributed by atoms with Gasteiger partial charge < -0.3 is 10.6 Å². The number of nitrogens with one attached hydrogen (secondary N) is 2. The smallest absolute Gasteiger partial charge is 0.253 e. The highest BCUT2D eigenvalue weighted by molar-refractivity contribution is 5.99. The fraction of sp³-hybridized carbons (Fsp3) is 0.588. The van der Waals surface area contributed by atoms with Gasteiger partial charge in [0.25, 0.3) is 5.91 Å². The highest BCUT2D eigenvalue weighted by Crippen LogP contribution is 2.17. The van der Waals surface area contributed by atoms with Crippen LogP contribution in [0.3, 0.4) is 0 Å². The van der Waals surface area contributed by atoms with Gasteiger partial charge in [0.15, 0.2) is 0 Å². The largest absolute Gasteiger partial charge is 0.384 e. The van der Waals surface area contributed by atoms with Gasteiger partial charge in [0.05, 0.1) is 5.56 Å². The van der Waals surface area contributed by atoms with Crippen molar-refractivity contribution in [2.45, 2.75) is 52.9 Å². The van der Waals surface area contributed by atoms with E-state index in [0.29, 0.717) is 0 Å². The van der Waals surface area contributed by atoms with Gasteiger partial charge in [-0.2, -0.15) is 0 Å². The summed E-state index contributed by atoms with van der Waals surface area (Å²) in [5.74, 6) is 0.0313. The van der Waals surface area contributed by atoms with E-state index in [1.165, 1.54) is 19.3 Å². The van der Waals surface area contributed by atoms with E-state index in [2.05, 4.69) is 24.5 Å². The number of carbonyl (C=O) groups excluding carboxylic acids is 1. The Hall–Kier alpha value is -1.51. The summed E-state index contributed by atoms with van der Waals surface area (Å²) >= 11 is 0. The fourth-order valence-corrected chi connectivity index (χ4v) is 2.11. The maximum atomic E-state index is 12.3. The zero-order valence-electron chi connectivity index (χ0n) is 13.1. The predicted molar refractivity (Wildman–Crippen MR) is 86.4 cm³/mol. The molecule has 0 aromatic heterocycles. The number of benzene rings is 1. The molecule has 0 saturated carbocycles. The van der Waals surface area contributed by atoms with E-state index in [9.17, 15) is 4.79 Å². The lowest BCUT2D eigenvalue weighted by Gasteiger charge is -2.12. The number of rotatable bonds is 9. The van der Waals surface area contributed by atoms with Crippen molar-refractivity contribution in [1.82, 2.24) is 5.32 Å². The Morgan fingerprint density at radius 2 is 1.85 bits per heavy atom. The highest BCUT2D eigenvalue weighted by atomic mass is 16.1. The summed E-state index contributed by atoms with van der Waals surface area (Å²) in [6, 6.07) is 5.99. The quantitative estimate of drug-likeness (QED) is 0.666. The molecule has 0 bridgehead atoms. The number of hydrogen-bond donors (Lipinski definition) is 2. The standard InChI is InChI=1S/C17H28N2O/c1-4-6-7-8-12-19-17(20)15-13-14(3)9-10-16(15)18-11-5-2/h9-10,13,18H,4-8,11-12H2,1-3H3,(H,19,20). The Morgan fingerprint density at radius 1 is 1.05 bits per heavy atom. The monoisotopic (exact) mass is 276 g/mol. The average Bonchev–Trinajstić information content (AvgIpc) is 2.45. The van der Waals surface area contributed by atoms with Crippen molar-refractivity contribution >= 4 is 11.6 Å². The Morgan fingerprint density at radius 3 is 2.55 bits per heavy atom. The van der Waals surface area contributed by atoms with Gasteiger partial charge in [0.1, 0.15) is 0 Å². The first-order valence-corrected chi connectivity index (χ1v) is 7.81. The second-order valence-electron chi connectivity index (χ2n) is 5.29. The topological polar surface area (TPSA) is 41.1 Å². The maximum Gasteiger partial charge on any atom is 0.253 e. The van der Waals surface area contributed by atoms with Crippen LogP contribution in [0, 0.1) is 6.92 Å². The predicted octanol–water partition coefficient (Wildman–Crippen LogP) is 4.13. The van der Waals surface area contributed by atoms with E-state index < -0.39 is 0 Å². The van der Waals surface area contributed by atoms with Gasteiger partial charge in [-0.15, -0.1) is 0 Å². The van der Waals surface area contributed by atoms with Crippen LogP contribution < -0.4 is 10.6 Å². The van der Waals surface area contributed by atoms with Crippen LogP contribution >= 0.6 is 0 Å². The molecule has 0 aliphatic carbocycles. The SMILES string of the molecule is CCCCCCNC(=O)c1cc(C)ccc1NCCC. The molecule has 3 nitrogen and oxygen atoms in total. The summed E-state index contributed by atoms with van der Waals surface area (Å²) < 4.78 is 0. The lowest BCUT2D eigenvalue weighted by molar-refractivity contribution is 0.0953. The van der Waals surface area contributed by atoms with Gasteiger partial charge in [-0.1, -0.05) is 44.7 Å². The second kappa shape index (κ2) is 9.40. The molecule has 0 spiro atoms.